The minimum Gasteiger partial charge on any atom is -0.490 e. The molecule has 0 unspecified atom stereocenters. The van der Waals surface area contributed by atoms with Crippen LogP contribution in [0.3, 0.4) is 0 Å². The van der Waals surface area contributed by atoms with E-state index in [1.54, 1.807) is 6.07 Å². The number of nitrogens with zero attached hydrogens (tertiary/aromatic N) is 3. The average Bonchev–Trinajstić information content (AvgIpc) is 3.32. The normalized spacial score (nSPS) is 15.6. The largest absolute Gasteiger partial charge is 0.490 e. The van der Waals surface area contributed by atoms with E-state index >= 15 is 0 Å². The lowest BCUT2D eigenvalue weighted by Crippen LogP contribution is -2.11. The summed E-state index contributed by atoms with van der Waals surface area (Å²) in [5.41, 5.74) is 2.21. The Morgan fingerprint density at radius 3 is 3.00 bits per heavy atom. The first-order valence-corrected chi connectivity index (χ1v) is 9.70. The van der Waals surface area contributed by atoms with E-state index in [2.05, 4.69) is 34.5 Å². The van der Waals surface area contributed by atoms with Gasteiger partial charge in [0, 0.05) is 24.5 Å². The van der Waals surface area contributed by atoms with Gasteiger partial charge in [0.2, 0.25) is 5.13 Å². The zero-order chi connectivity index (χ0) is 19.0. The molecule has 0 saturated heterocycles. The Kier molecular flexibility index (Phi) is 4.65. The molecule has 3 heterocycles. The van der Waals surface area contributed by atoms with Crippen LogP contribution in [0.5, 0.6) is 5.75 Å². The lowest BCUT2D eigenvalue weighted by atomic mass is 10.1. The quantitative estimate of drug-likeness (QED) is 0.716. The van der Waals surface area contributed by atoms with Crippen molar-refractivity contribution in [1.82, 2.24) is 15.4 Å². The predicted octanol–water partition coefficient (Wildman–Crippen LogP) is 3.97. The second-order valence-electron chi connectivity index (χ2n) is 7.08. The van der Waals surface area contributed by atoms with Crippen LogP contribution in [0.25, 0.3) is 11.3 Å². The number of rotatable bonds is 5. The van der Waals surface area contributed by atoms with Crippen molar-refractivity contribution in [3.05, 3.63) is 40.5 Å². The highest BCUT2D eigenvalue weighted by molar-refractivity contribution is 7.15. The van der Waals surface area contributed by atoms with Gasteiger partial charge in [-0.05, 0) is 36.6 Å². The SMILES string of the molecule is CC(C)Cc1nnc(NC(=O)c2cc(-c3ccc4c(c3)C[C@H](C)O4)on2)s1. The molecule has 1 aromatic carbocycles. The van der Waals surface area contributed by atoms with Crippen molar-refractivity contribution in [2.24, 2.45) is 5.92 Å². The Labute approximate surface area is 160 Å². The summed E-state index contributed by atoms with van der Waals surface area (Å²) < 4.78 is 11.1. The number of aromatic nitrogens is 3. The van der Waals surface area contributed by atoms with Gasteiger partial charge in [-0.3, -0.25) is 10.1 Å². The van der Waals surface area contributed by atoms with Crippen molar-refractivity contribution >= 4 is 22.4 Å². The molecule has 0 spiro atoms. The Balaban J connectivity index is 1.47. The average molecular weight is 384 g/mol. The third-order valence-electron chi connectivity index (χ3n) is 4.19. The van der Waals surface area contributed by atoms with Gasteiger partial charge in [-0.25, -0.2) is 0 Å². The van der Waals surface area contributed by atoms with E-state index < -0.39 is 0 Å². The summed E-state index contributed by atoms with van der Waals surface area (Å²) in [6, 6.07) is 7.48. The monoisotopic (exact) mass is 384 g/mol. The number of anilines is 1. The van der Waals surface area contributed by atoms with E-state index in [1.165, 1.54) is 11.3 Å². The van der Waals surface area contributed by atoms with Crippen molar-refractivity contribution in [3.8, 4) is 17.1 Å². The first-order chi connectivity index (χ1) is 13.0. The van der Waals surface area contributed by atoms with E-state index in [9.17, 15) is 4.79 Å². The van der Waals surface area contributed by atoms with Gasteiger partial charge < -0.3 is 9.26 Å². The van der Waals surface area contributed by atoms with Crippen molar-refractivity contribution in [1.29, 1.82) is 0 Å². The topological polar surface area (TPSA) is 90.1 Å². The van der Waals surface area contributed by atoms with Gasteiger partial charge in [0.1, 0.15) is 16.9 Å². The standard InChI is InChI=1S/C19H20N4O3S/c1-10(2)6-17-21-22-19(27-17)20-18(24)14-9-16(26-23-14)12-4-5-15-13(8-12)7-11(3)25-15/h4-5,8-11H,6-7H2,1-3H3,(H,20,22,24)/t11-/m0/s1. The Morgan fingerprint density at radius 2 is 2.19 bits per heavy atom. The van der Waals surface area contributed by atoms with Gasteiger partial charge in [0.25, 0.3) is 5.91 Å². The number of hydrogen-bond acceptors (Lipinski definition) is 7. The molecular formula is C19H20N4O3S. The molecule has 0 aliphatic carbocycles. The summed E-state index contributed by atoms with van der Waals surface area (Å²) in [6.07, 6.45) is 1.88. The van der Waals surface area contributed by atoms with Crippen LogP contribution in [0.1, 0.15) is 41.8 Å². The van der Waals surface area contributed by atoms with E-state index in [4.69, 9.17) is 9.26 Å². The number of fused-ring (bicyclic) bond motifs is 1. The minimum atomic E-state index is -0.365. The maximum Gasteiger partial charge on any atom is 0.279 e. The molecule has 4 rings (SSSR count). The summed E-state index contributed by atoms with van der Waals surface area (Å²) in [6.45, 7) is 6.27. The summed E-state index contributed by atoms with van der Waals surface area (Å²) >= 11 is 1.37. The fraction of sp³-hybridized carbons (Fsp3) is 0.368. The Hall–Kier alpha value is -2.74. The Morgan fingerprint density at radius 1 is 1.33 bits per heavy atom. The highest BCUT2D eigenvalue weighted by Crippen LogP contribution is 2.33. The number of amides is 1. The third kappa shape index (κ3) is 3.85. The van der Waals surface area contributed by atoms with Crippen LogP contribution in [-0.4, -0.2) is 27.4 Å². The van der Waals surface area contributed by atoms with Gasteiger partial charge in [-0.2, -0.15) is 0 Å². The summed E-state index contributed by atoms with van der Waals surface area (Å²) in [5, 5.41) is 16.1. The summed E-state index contributed by atoms with van der Waals surface area (Å²) in [5.74, 6) is 1.56. The van der Waals surface area contributed by atoms with E-state index in [0.29, 0.717) is 16.8 Å². The first kappa shape index (κ1) is 17.7. The third-order valence-corrected chi connectivity index (χ3v) is 5.05. The highest BCUT2D eigenvalue weighted by atomic mass is 32.1. The summed E-state index contributed by atoms with van der Waals surface area (Å²) in [4.78, 5) is 12.4. The number of benzene rings is 1. The van der Waals surface area contributed by atoms with Crippen molar-refractivity contribution in [3.63, 3.8) is 0 Å². The van der Waals surface area contributed by atoms with Crippen LogP contribution in [0.2, 0.25) is 0 Å². The number of hydrogen-bond donors (Lipinski definition) is 1. The zero-order valence-corrected chi connectivity index (χ0v) is 16.2. The molecule has 1 amide bonds. The van der Waals surface area contributed by atoms with Crippen LogP contribution in [0.15, 0.2) is 28.8 Å². The second-order valence-corrected chi connectivity index (χ2v) is 8.15. The highest BCUT2D eigenvalue weighted by Gasteiger charge is 2.21. The molecule has 7 nitrogen and oxygen atoms in total. The Bertz CT molecular complexity index is 979. The molecule has 0 radical (unpaired) electrons. The minimum absolute atomic E-state index is 0.179. The van der Waals surface area contributed by atoms with Crippen molar-refractivity contribution in [2.45, 2.75) is 39.7 Å². The number of ether oxygens (including phenoxy) is 1. The molecule has 0 saturated carbocycles. The van der Waals surface area contributed by atoms with E-state index in [-0.39, 0.29) is 17.7 Å². The molecule has 1 aliphatic heterocycles. The van der Waals surface area contributed by atoms with Crippen LogP contribution in [0, 0.1) is 5.92 Å². The number of carbonyl (C=O) groups is 1. The maximum absolute atomic E-state index is 12.4. The smallest absolute Gasteiger partial charge is 0.279 e. The fourth-order valence-electron chi connectivity index (χ4n) is 2.99. The maximum atomic E-state index is 12.4. The van der Waals surface area contributed by atoms with Gasteiger partial charge >= 0.3 is 0 Å². The zero-order valence-electron chi connectivity index (χ0n) is 15.4. The van der Waals surface area contributed by atoms with Crippen LogP contribution in [0.4, 0.5) is 5.13 Å². The molecule has 2 aromatic heterocycles. The van der Waals surface area contributed by atoms with E-state index in [0.717, 1.165) is 34.7 Å². The predicted molar refractivity (Wildman–Crippen MR) is 102 cm³/mol. The fourth-order valence-corrected chi connectivity index (χ4v) is 3.94. The van der Waals surface area contributed by atoms with Crippen LogP contribution in [-0.2, 0) is 12.8 Å². The van der Waals surface area contributed by atoms with Crippen molar-refractivity contribution < 1.29 is 14.1 Å². The van der Waals surface area contributed by atoms with Gasteiger partial charge in [-0.1, -0.05) is 30.3 Å². The molecular weight excluding hydrogens is 364 g/mol. The van der Waals surface area contributed by atoms with Crippen molar-refractivity contribution in [2.75, 3.05) is 5.32 Å². The summed E-state index contributed by atoms with van der Waals surface area (Å²) in [7, 11) is 0. The van der Waals surface area contributed by atoms with Crippen LogP contribution < -0.4 is 10.1 Å². The molecule has 1 N–H and O–H groups in total. The second kappa shape index (κ2) is 7.11. The first-order valence-electron chi connectivity index (χ1n) is 8.88. The lowest BCUT2D eigenvalue weighted by molar-refractivity contribution is 0.101. The number of carbonyl (C=O) groups excluding carboxylic acids is 1. The van der Waals surface area contributed by atoms with Crippen LogP contribution >= 0.6 is 11.3 Å². The van der Waals surface area contributed by atoms with Gasteiger partial charge in [-0.15, -0.1) is 10.2 Å². The molecule has 0 fully saturated rings. The molecule has 3 aromatic rings. The molecule has 27 heavy (non-hydrogen) atoms. The molecule has 8 heteroatoms. The number of nitrogens with one attached hydrogen (secondary N) is 1. The lowest BCUT2D eigenvalue weighted by Gasteiger charge is -2.02. The molecule has 140 valence electrons. The molecule has 1 aliphatic rings. The molecule has 1 atom stereocenters. The molecule has 0 bridgehead atoms. The van der Waals surface area contributed by atoms with Gasteiger partial charge in [0.15, 0.2) is 11.5 Å². The van der Waals surface area contributed by atoms with Gasteiger partial charge in [0.05, 0.1) is 0 Å². The van der Waals surface area contributed by atoms with E-state index in [1.807, 2.05) is 25.1 Å².